The lowest BCUT2D eigenvalue weighted by Gasteiger charge is -2.20. The quantitative estimate of drug-likeness (QED) is 0.434. The summed E-state index contributed by atoms with van der Waals surface area (Å²) in [5, 5.41) is 6.24. The average Bonchev–Trinajstić information content (AvgIpc) is 2.70. The van der Waals surface area contributed by atoms with E-state index in [1.165, 1.54) is 0 Å². The van der Waals surface area contributed by atoms with Gasteiger partial charge in [-0.2, -0.15) is 0 Å². The van der Waals surface area contributed by atoms with Gasteiger partial charge in [0, 0.05) is 39.7 Å². The number of aryl methyl sites for hydroxylation is 1. The fourth-order valence-corrected chi connectivity index (χ4v) is 3.49. The molecule has 0 aliphatic rings. The molecule has 150 valence electrons. The molecule has 0 aliphatic heterocycles. The largest absolute Gasteiger partial charge is 0.357 e. The van der Waals surface area contributed by atoms with Gasteiger partial charge in [-0.05, 0) is 85.8 Å². The Labute approximate surface area is 184 Å². The van der Waals surface area contributed by atoms with E-state index < -0.39 is 0 Å². The second kappa shape index (κ2) is 9.69. The fourth-order valence-electron chi connectivity index (χ4n) is 2.94. The molecule has 7 heteroatoms. The van der Waals surface area contributed by atoms with E-state index in [9.17, 15) is 4.79 Å². The Morgan fingerprint density at radius 3 is 2.34 bits per heavy atom. The standard InChI is InChI=1S/C22H24IN5O/c1-4-28(5-2)21-14-20(24-15(3)25-21)26-18-9-11-19(12-10-18)27-22(29)16-7-6-8-17(23)13-16/h6-14H,4-5H2,1-3H3,(H,27,29)(H,24,25,26). The van der Waals surface area contributed by atoms with Crippen molar-refractivity contribution in [3.05, 3.63) is 69.6 Å². The summed E-state index contributed by atoms with van der Waals surface area (Å²) in [5.41, 5.74) is 2.27. The van der Waals surface area contributed by atoms with E-state index in [2.05, 4.69) is 61.9 Å². The lowest BCUT2D eigenvalue weighted by Crippen LogP contribution is -2.23. The van der Waals surface area contributed by atoms with Crippen molar-refractivity contribution in [2.24, 2.45) is 0 Å². The van der Waals surface area contributed by atoms with Crippen LogP contribution in [-0.4, -0.2) is 29.0 Å². The van der Waals surface area contributed by atoms with Crippen molar-refractivity contribution in [1.29, 1.82) is 0 Å². The minimum absolute atomic E-state index is 0.125. The van der Waals surface area contributed by atoms with Gasteiger partial charge in [0.1, 0.15) is 17.5 Å². The van der Waals surface area contributed by atoms with Crippen LogP contribution in [0.5, 0.6) is 0 Å². The number of hydrogen-bond acceptors (Lipinski definition) is 5. The zero-order chi connectivity index (χ0) is 20.8. The van der Waals surface area contributed by atoms with E-state index >= 15 is 0 Å². The Morgan fingerprint density at radius 2 is 1.69 bits per heavy atom. The van der Waals surface area contributed by atoms with Crippen molar-refractivity contribution in [1.82, 2.24) is 9.97 Å². The summed E-state index contributed by atoms with van der Waals surface area (Å²) in [4.78, 5) is 23.6. The molecule has 29 heavy (non-hydrogen) atoms. The van der Waals surface area contributed by atoms with Gasteiger partial charge in [0.25, 0.3) is 5.91 Å². The highest BCUT2D eigenvalue weighted by Crippen LogP contribution is 2.21. The molecule has 3 aromatic rings. The summed E-state index contributed by atoms with van der Waals surface area (Å²) in [5.74, 6) is 2.25. The number of aromatic nitrogens is 2. The van der Waals surface area contributed by atoms with Gasteiger partial charge in [-0.15, -0.1) is 0 Å². The first-order chi connectivity index (χ1) is 14.0. The average molecular weight is 501 g/mol. The second-order valence-corrected chi connectivity index (χ2v) is 7.74. The number of carbonyl (C=O) groups is 1. The number of amides is 1. The number of halogens is 1. The molecular formula is C22H24IN5O. The summed E-state index contributed by atoms with van der Waals surface area (Å²) in [6.45, 7) is 7.89. The maximum atomic E-state index is 12.4. The maximum absolute atomic E-state index is 12.4. The van der Waals surface area contributed by atoms with E-state index in [0.717, 1.165) is 45.5 Å². The lowest BCUT2D eigenvalue weighted by atomic mass is 10.2. The van der Waals surface area contributed by atoms with Gasteiger partial charge in [-0.3, -0.25) is 4.79 Å². The number of nitrogens with zero attached hydrogens (tertiary/aromatic N) is 3. The molecule has 2 aromatic carbocycles. The van der Waals surface area contributed by atoms with Crippen LogP contribution in [0.15, 0.2) is 54.6 Å². The molecule has 0 aliphatic carbocycles. The molecule has 0 radical (unpaired) electrons. The van der Waals surface area contributed by atoms with Gasteiger partial charge in [-0.25, -0.2) is 9.97 Å². The van der Waals surface area contributed by atoms with Crippen molar-refractivity contribution in [2.75, 3.05) is 28.6 Å². The van der Waals surface area contributed by atoms with E-state index in [4.69, 9.17) is 0 Å². The Morgan fingerprint density at radius 1 is 1.00 bits per heavy atom. The zero-order valence-corrected chi connectivity index (χ0v) is 18.9. The van der Waals surface area contributed by atoms with Gasteiger partial charge < -0.3 is 15.5 Å². The first-order valence-corrected chi connectivity index (χ1v) is 10.6. The highest BCUT2D eigenvalue weighted by Gasteiger charge is 2.09. The van der Waals surface area contributed by atoms with Gasteiger partial charge >= 0.3 is 0 Å². The summed E-state index contributed by atoms with van der Waals surface area (Å²) in [6.07, 6.45) is 0. The van der Waals surface area contributed by atoms with Crippen LogP contribution in [-0.2, 0) is 0 Å². The minimum Gasteiger partial charge on any atom is -0.357 e. The fraction of sp³-hybridized carbons (Fsp3) is 0.227. The van der Waals surface area contributed by atoms with Crippen LogP contribution in [0.1, 0.15) is 30.0 Å². The number of benzene rings is 2. The SMILES string of the molecule is CCN(CC)c1cc(Nc2ccc(NC(=O)c3cccc(I)c3)cc2)nc(C)n1. The van der Waals surface area contributed by atoms with Gasteiger partial charge in [-0.1, -0.05) is 6.07 Å². The van der Waals surface area contributed by atoms with Crippen molar-refractivity contribution in [3.8, 4) is 0 Å². The number of rotatable bonds is 7. The molecule has 1 amide bonds. The highest BCUT2D eigenvalue weighted by atomic mass is 127. The molecule has 0 saturated heterocycles. The maximum Gasteiger partial charge on any atom is 0.255 e. The van der Waals surface area contributed by atoms with Gasteiger partial charge in [0.05, 0.1) is 0 Å². The van der Waals surface area contributed by atoms with Gasteiger partial charge in [0.15, 0.2) is 0 Å². The third-order valence-corrected chi connectivity index (χ3v) is 5.08. The summed E-state index contributed by atoms with van der Waals surface area (Å²) in [7, 11) is 0. The molecule has 1 heterocycles. The summed E-state index contributed by atoms with van der Waals surface area (Å²) >= 11 is 2.20. The van der Waals surface area contributed by atoms with Crippen LogP contribution in [0.25, 0.3) is 0 Å². The van der Waals surface area contributed by atoms with Crippen LogP contribution in [0.4, 0.5) is 23.0 Å². The van der Waals surface area contributed by atoms with E-state index in [-0.39, 0.29) is 5.91 Å². The van der Waals surface area contributed by atoms with Crippen molar-refractivity contribution in [3.63, 3.8) is 0 Å². The Hall–Kier alpha value is -2.68. The first-order valence-electron chi connectivity index (χ1n) is 9.53. The highest BCUT2D eigenvalue weighted by molar-refractivity contribution is 14.1. The Bertz CT molecular complexity index is 987. The number of nitrogens with one attached hydrogen (secondary N) is 2. The third kappa shape index (κ3) is 5.66. The topological polar surface area (TPSA) is 70.2 Å². The molecule has 1 aromatic heterocycles. The Balaban J connectivity index is 1.70. The molecule has 6 nitrogen and oxygen atoms in total. The van der Waals surface area contributed by atoms with E-state index in [1.807, 2.05) is 55.5 Å². The molecule has 0 unspecified atom stereocenters. The van der Waals surface area contributed by atoms with Crippen LogP contribution >= 0.6 is 22.6 Å². The van der Waals surface area contributed by atoms with E-state index in [0.29, 0.717) is 5.56 Å². The number of hydrogen-bond donors (Lipinski definition) is 2. The summed E-state index contributed by atoms with van der Waals surface area (Å²) < 4.78 is 1.03. The first kappa shape index (κ1) is 21.0. The molecular weight excluding hydrogens is 477 g/mol. The Kier molecular flexibility index (Phi) is 7.03. The predicted octanol–water partition coefficient (Wildman–Crippen LogP) is 5.23. The van der Waals surface area contributed by atoms with Crippen LogP contribution in [0.2, 0.25) is 0 Å². The van der Waals surface area contributed by atoms with Crippen molar-refractivity contribution >= 4 is 51.5 Å². The number of anilines is 4. The molecule has 0 atom stereocenters. The third-order valence-electron chi connectivity index (χ3n) is 4.41. The molecule has 0 bridgehead atoms. The molecule has 0 spiro atoms. The number of carbonyl (C=O) groups excluding carboxylic acids is 1. The predicted molar refractivity (Wildman–Crippen MR) is 127 cm³/mol. The van der Waals surface area contributed by atoms with Crippen molar-refractivity contribution < 1.29 is 4.79 Å². The smallest absolute Gasteiger partial charge is 0.255 e. The molecule has 0 saturated carbocycles. The van der Waals surface area contributed by atoms with Crippen LogP contribution in [0.3, 0.4) is 0 Å². The van der Waals surface area contributed by atoms with Crippen molar-refractivity contribution in [2.45, 2.75) is 20.8 Å². The lowest BCUT2D eigenvalue weighted by molar-refractivity contribution is 0.102. The van der Waals surface area contributed by atoms with E-state index in [1.54, 1.807) is 6.07 Å². The van der Waals surface area contributed by atoms with Gasteiger partial charge in [0.2, 0.25) is 0 Å². The zero-order valence-electron chi connectivity index (χ0n) is 16.7. The van der Waals surface area contributed by atoms with Crippen LogP contribution in [0, 0.1) is 10.5 Å². The minimum atomic E-state index is -0.125. The molecule has 3 rings (SSSR count). The molecule has 0 fully saturated rings. The molecule has 2 N–H and O–H groups in total. The summed E-state index contributed by atoms with van der Waals surface area (Å²) in [6, 6.07) is 17.0. The van der Waals surface area contributed by atoms with Crippen LogP contribution < -0.4 is 15.5 Å². The second-order valence-electron chi connectivity index (χ2n) is 6.50. The normalized spacial score (nSPS) is 10.5. The monoisotopic (exact) mass is 501 g/mol.